The van der Waals surface area contributed by atoms with Gasteiger partial charge in [0.05, 0.1) is 17.4 Å². The van der Waals surface area contributed by atoms with Crippen molar-refractivity contribution in [3.8, 4) is 0 Å². The van der Waals surface area contributed by atoms with Crippen molar-refractivity contribution in [3.05, 3.63) is 70.8 Å². The number of nitrogens with zero attached hydrogens (tertiary/aromatic N) is 4. The molecular formula is C29H34ClN5. The maximum absolute atomic E-state index is 6.33. The predicted octanol–water partition coefficient (Wildman–Crippen LogP) is 6.49. The van der Waals surface area contributed by atoms with Crippen LogP contribution in [0.25, 0.3) is 10.9 Å². The minimum Gasteiger partial charge on any atom is -0.358 e. The van der Waals surface area contributed by atoms with Gasteiger partial charge in [0.15, 0.2) is 0 Å². The van der Waals surface area contributed by atoms with Crippen LogP contribution in [0.4, 0.5) is 5.69 Å². The number of benzene rings is 1. The number of hydrogen-bond donors (Lipinski definition) is 1. The van der Waals surface area contributed by atoms with Gasteiger partial charge in [-0.1, -0.05) is 32.0 Å². The van der Waals surface area contributed by atoms with Crippen molar-refractivity contribution in [2.45, 2.75) is 63.7 Å². The number of hydrogen-bond acceptors (Lipinski definition) is 5. The summed E-state index contributed by atoms with van der Waals surface area (Å²) in [5.41, 5.74) is 7.47. The molecule has 6 heteroatoms. The Hall–Kier alpha value is -2.50. The average Bonchev–Trinajstić information content (AvgIpc) is 3.08. The van der Waals surface area contributed by atoms with Crippen molar-refractivity contribution in [1.82, 2.24) is 20.1 Å². The van der Waals surface area contributed by atoms with Gasteiger partial charge in [-0.3, -0.25) is 4.98 Å². The lowest BCUT2D eigenvalue weighted by atomic mass is 9.63. The molecule has 1 spiro atoms. The summed E-state index contributed by atoms with van der Waals surface area (Å²) in [5, 5.41) is 14.2. The Kier molecular flexibility index (Phi) is 5.61. The second kappa shape index (κ2) is 8.56. The van der Waals surface area contributed by atoms with Crippen LogP contribution >= 0.6 is 11.6 Å². The number of fused-ring (bicyclic) bond motifs is 3. The van der Waals surface area contributed by atoms with E-state index in [2.05, 4.69) is 65.2 Å². The smallest absolute Gasteiger partial charge is 0.0954 e. The Labute approximate surface area is 213 Å². The van der Waals surface area contributed by atoms with Gasteiger partial charge in [-0.25, -0.2) is 0 Å². The van der Waals surface area contributed by atoms with Gasteiger partial charge < -0.3 is 10.2 Å². The van der Waals surface area contributed by atoms with Crippen LogP contribution in [0, 0.1) is 5.41 Å². The fourth-order valence-electron chi connectivity index (χ4n) is 6.62. The van der Waals surface area contributed by atoms with E-state index < -0.39 is 0 Å². The first-order chi connectivity index (χ1) is 16.8. The zero-order valence-electron chi connectivity index (χ0n) is 20.8. The fraction of sp³-hybridized carbons (Fsp3) is 0.483. The molecule has 182 valence electrons. The molecule has 1 saturated carbocycles. The van der Waals surface area contributed by atoms with E-state index >= 15 is 0 Å². The van der Waals surface area contributed by atoms with Crippen LogP contribution < -0.4 is 5.32 Å². The monoisotopic (exact) mass is 487 g/mol. The molecule has 0 unspecified atom stereocenters. The van der Waals surface area contributed by atoms with Crippen LogP contribution in [0.1, 0.15) is 68.7 Å². The van der Waals surface area contributed by atoms with Crippen molar-refractivity contribution in [2.24, 2.45) is 5.41 Å². The van der Waals surface area contributed by atoms with E-state index in [0.717, 1.165) is 72.6 Å². The number of halogens is 1. The molecule has 0 bridgehead atoms. The SMILES string of the molecule is C=C1Nc2ccc(Cl)cc2C12CCN(CCCc1cnc3c(C4CC(C)(C)C4)nncc3c1)CC2. The number of nitrogens with one attached hydrogen (secondary N) is 1. The van der Waals surface area contributed by atoms with E-state index in [1.54, 1.807) is 0 Å². The normalized spacial score (nSPS) is 21.2. The van der Waals surface area contributed by atoms with Crippen molar-refractivity contribution in [1.29, 1.82) is 0 Å². The van der Waals surface area contributed by atoms with E-state index in [0.29, 0.717) is 11.3 Å². The minimum atomic E-state index is 0.0212. The Morgan fingerprint density at radius 3 is 2.71 bits per heavy atom. The first-order valence-corrected chi connectivity index (χ1v) is 13.3. The predicted molar refractivity (Wildman–Crippen MR) is 143 cm³/mol. The molecule has 5 nitrogen and oxygen atoms in total. The molecule has 1 saturated heterocycles. The number of aromatic nitrogens is 3. The molecule has 1 aromatic carbocycles. The average molecular weight is 488 g/mol. The summed E-state index contributed by atoms with van der Waals surface area (Å²) in [4.78, 5) is 7.43. The third-order valence-corrected chi connectivity index (χ3v) is 8.81. The second-order valence-corrected chi connectivity index (χ2v) is 12.0. The first-order valence-electron chi connectivity index (χ1n) is 12.9. The van der Waals surface area contributed by atoms with Crippen LogP contribution in [0.15, 0.2) is 48.9 Å². The number of piperidine rings is 1. The summed E-state index contributed by atoms with van der Waals surface area (Å²) in [6.07, 6.45) is 10.6. The number of rotatable bonds is 5. The highest BCUT2D eigenvalue weighted by Crippen LogP contribution is 2.51. The molecule has 3 aromatic rings. The Bertz CT molecular complexity index is 1280. The number of pyridine rings is 1. The highest BCUT2D eigenvalue weighted by Gasteiger charge is 2.44. The van der Waals surface area contributed by atoms with Crippen molar-refractivity contribution in [2.75, 3.05) is 25.0 Å². The molecule has 2 aliphatic heterocycles. The quantitative estimate of drug-likeness (QED) is 0.446. The lowest BCUT2D eigenvalue weighted by molar-refractivity contribution is 0.149. The number of allylic oxidation sites excluding steroid dienone is 1. The summed E-state index contributed by atoms with van der Waals surface area (Å²) in [6.45, 7) is 12.3. The second-order valence-electron chi connectivity index (χ2n) is 11.6. The zero-order valence-corrected chi connectivity index (χ0v) is 21.5. The molecule has 1 aliphatic carbocycles. The molecule has 35 heavy (non-hydrogen) atoms. The van der Waals surface area contributed by atoms with E-state index in [-0.39, 0.29) is 5.41 Å². The maximum atomic E-state index is 6.33. The van der Waals surface area contributed by atoms with Gasteiger partial charge in [-0.05, 0) is 99.0 Å². The first kappa shape index (κ1) is 22.9. The summed E-state index contributed by atoms with van der Waals surface area (Å²) >= 11 is 6.33. The molecule has 0 radical (unpaired) electrons. The third-order valence-electron chi connectivity index (χ3n) is 8.57. The maximum Gasteiger partial charge on any atom is 0.0954 e. The third kappa shape index (κ3) is 4.13. The highest BCUT2D eigenvalue weighted by molar-refractivity contribution is 6.30. The lowest BCUT2D eigenvalue weighted by Crippen LogP contribution is -2.43. The van der Waals surface area contributed by atoms with E-state index in [1.165, 1.54) is 29.7 Å². The van der Waals surface area contributed by atoms with Crippen LogP contribution in [0.5, 0.6) is 0 Å². The Morgan fingerprint density at radius 2 is 1.94 bits per heavy atom. The molecule has 1 N–H and O–H groups in total. The van der Waals surface area contributed by atoms with Crippen LogP contribution in [0.3, 0.4) is 0 Å². The van der Waals surface area contributed by atoms with Gasteiger partial charge in [0.2, 0.25) is 0 Å². The molecule has 4 heterocycles. The molecule has 3 aliphatic rings. The van der Waals surface area contributed by atoms with Gasteiger partial charge in [-0.2, -0.15) is 10.2 Å². The number of anilines is 1. The zero-order chi connectivity index (χ0) is 24.2. The largest absolute Gasteiger partial charge is 0.358 e. The molecule has 0 atom stereocenters. The molecule has 2 fully saturated rings. The van der Waals surface area contributed by atoms with Gasteiger partial charge >= 0.3 is 0 Å². The van der Waals surface area contributed by atoms with Crippen molar-refractivity contribution < 1.29 is 0 Å². The summed E-state index contributed by atoms with van der Waals surface area (Å²) in [6, 6.07) is 8.44. The Balaban J connectivity index is 1.06. The molecule has 2 aromatic heterocycles. The van der Waals surface area contributed by atoms with Crippen LogP contribution in [0.2, 0.25) is 5.02 Å². The van der Waals surface area contributed by atoms with Crippen molar-refractivity contribution >= 4 is 28.2 Å². The molecule has 6 rings (SSSR count). The van der Waals surface area contributed by atoms with Crippen LogP contribution in [-0.4, -0.2) is 39.7 Å². The number of aryl methyl sites for hydroxylation is 1. The topological polar surface area (TPSA) is 53.9 Å². The van der Waals surface area contributed by atoms with E-state index in [4.69, 9.17) is 16.6 Å². The van der Waals surface area contributed by atoms with Gasteiger partial charge in [-0.15, -0.1) is 0 Å². The van der Waals surface area contributed by atoms with Gasteiger partial charge in [0.25, 0.3) is 0 Å². The van der Waals surface area contributed by atoms with Crippen LogP contribution in [-0.2, 0) is 11.8 Å². The van der Waals surface area contributed by atoms with Gasteiger partial charge in [0, 0.05) is 39.3 Å². The van der Waals surface area contributed by atoms with E-state index in [1.807, 2.05) is 12.3 Å². The summed E-state index contributed by atoms with van der Waals surface area (Å²) in [5.74, 6) is 0.496. The van der Waals surface area contributed by atoms with E-state index in [9.17, 15) is 0 Å². The Morgan fingerprint density at radius 1 is 1.14 bits per heavy atom. The molecular weight excluding hydrogens is 454 g/mol. The highest BCUT2D eigenvalue weighted by atomic mass is 35.5. The molecule has 0 amide bonds. The minimum absolute atomic E-state index is 0.0212. The van der Waals surface area contributed by atoms with Gasteiger partial charge in [0.1, 0.15) is 0 Å². The summed E-state index contributed by atoms with van der Waals surface area (Å²) < 4.78 is 0. The number of likely N-dealkylation sites (tertiary alicyclic amines) is 1. The lowest BCUT2D eigenvalue weighted by Gasteiger charge is -2.42. The van der Waals surface area contributed by atoms with Crippen molar-refractivity contribution in [3.63, 3.8) is 0 Å². The standard InChI is InChI=1S/C29H34ClN5/c1-19-29(24-14-23(30)6-7-25(24)33-19)8-11-35(12-9-29)10-4-5-20-13-21-18-32-34-27(26(21)31-17-20)22-15-28(2,3)16-22/h6-7,13-14,17-18,22,33H,1,4-5,8-12,15-16H2,2-3H3. The summed E-state index contributed by atoms with van der Waals surface area (Å²) in [7, 11) is 0. The fourth-order valence-corrected chi connectivity index (χ4v) is 6.79.